The molecule has 0 saturated carbocycles. The minimum Gasteiger partial charge on any atom is -0.195 e. The van der Waals surface area contributed by atoms with E-state index in [2.05, 4.69) is 6.58 Å². The van der Waals surface area contributed by atoms with E-state index >= 15 is 0 Å². The lowest BCUT2D eigenvalue weighted by Gasteiger charge is -1.82. The molecule has 0 fully saturated rings. The van der Waals surface area contributed by atoms with E-state index in [1.165, 1.54) is 0 Å². The summed E-state index contributed by atoms with van der Waals surface area (Å²) in [6.07, 6.45) is 0.346. The van der Waals surface area contributed by atoms with Crippen LogP contribution in [0.1, 0.15) is 13.3 Å². The second kappa shape index (κ2) is 6.03. The van der Waals surface area contributed by atoms with E-state index in [9.17, 15) is 24.6 Å². The Morgan fingerprint density at radius 3 is 1.54 bits per heavy atom. The highest BCUT2D eigenvalue weighted by molar-refractivity contribution is 7.89. The third kappa shape index (κ3) is 24.6. The topological polar surface area (TPSA) is 68.3 Å². The lowest BCUT2D eigenvalue weighted by Crippen LogP contribution is -1.94. The Hall–Kier alpha value is -0.500. The van der Waals surface area contributed by atoms with Gasteiger partial charge in [-0.25, -0.2) is 0 Å². The molecule has 4 nitrogen and oxygen atoms in total. The van der Waals surface area contributed by atoms with Gasteiger partial charge in [0.05, 0.1) is 11.2 Å². The second-order valence-corrected chi connectivity index (χ2v) is 4.66. The average Bonchev–Trinajstić information content (AvgIpc) is 1.84. The lowest BCUT2D eigenvalue weighted by atomic mass is 10.6. The fourth-order valence-electron chi connectivity index (χ4n) is 0.244. The van der Waals surface area contributed by atoms with Crippen molar-refractivity contribution in [2.75, 3.05) is 5.75 Å². The molecule has 0 aromatic rings. The van der Waals surface area contributed by atoms with E-state index in [1.54, 1.807) is 6.92 Å². The predicted molar refractivity (Wildman–Crippen MR) is 45.4 cm³/mol. The summed E-state index contributed by atoms with van der Waals surface area (Å²) < 4.78 is 59.9. The Balaban J connectivity index is 0. The third-order valence-electron chi connectivity index (χ3n) is 0.647. The van der Waals surface area contributed by atoms with Gasteiger partial charge in [0.15, 0.2) is 0 Å². The van der Waals surface area contributed by atoms with Gasteiger partial charge in [-0.2, -0.15) is 16.8 Å². The minimum atomic E-state index is -4.40. The van der Waals surface area contributed by atoms with Crippen LogP contribution in [-0.2, 0) is 20.4 Å². The van der Waals surface area contributed by atoms with Crippen molar-refractivity contribution in [2.24, 2.45) is 0 Å². The second-order valence-electron chi connectivity index (χ2n) is 1.89. The Morgan fingerprint density at radius 2 is 1.54 bits per heavy atom. The Bertz CT molecular complexity index is 318. The summed E-state index contributed by atoms with van der Waals surface area (Å²) in [5.41, 5.74) is 0. The maximum atomic E-state index is 11.4. The zero-order valence-electron chi connectivity index (χ0n) is 6.90. The molecule has 0 rings (SSSR count). The maximum absolute atomic E-state index is 11.4. The van der Waals surface area contributed by atoms with Crippen molar-refractivity contribution in [3.63, 3.8) is 0 Å². The van der Waals surface area contributed by atoms with Gasteiger partial charge in [0.25, 0.3) is 0 Å². The van der Waals surface area contributed by atoms with Gasteiger partial charge in [0.1, 0.15) is 0 Å². The average molecular weight is 236 g/mol. The summed E-state index contributed by atoms with van der Waals surface area (Å²) in [7, 11) is -8.57. The summed E-state index contributed by atoms with van der Waals surface area (Å²) in [6, 6.07) is 0. The van der Waals surface area contributed by atoms with Gasteiger partial charge in [-0.1, -0.05) is 13.5 Å². The van der Waals surface area contributed by atoms with Crippen LogP contribution >= 0.6 is 0 Å². The van der Waals surface area contributed by atoms with Crippen molar-refractivity contribution in [3.8, 4) is 0 Å². The first kappa shape index (κ1) is 15.0. The van der Waals surface area contributed by atoms with Crippen molar-refractivity contribution in [1.29, 1.82) is 0 Å². The van der Waals surface area contributed by atoms with Gasteiger partial charge < -0.3 is 0 Å². The van der Waals surface area contributed by atoms with Gasteiger partial charge >= 0.3 is 20.4 Å². The Kier molecular flexibility index (Phi) is 6.96. The largest absolute Gasteiger partial charge is 0.324 e. The van der Waals surface area contributed by atoms with Crippen LogP contribution in [0.2, 0.25) is 0 Å². The van der Waals surface area contributed by atoms with Crippen LogP contribution in [0.15, 0.2) is 12.0 Å². The first-order chi connectivity index (χ1) is 5.62. The number of hydrogen-bond acceptors (Lipinski definition) is 4. The molecular formula is C5H10F2O4S2. The van der Waals surface area contributed by atoms with Gasteiger partial charge in [-0.15, -0.1) is 7.77 Å². The molecule has 0 aromatic carbocycles. The lowest BCUT2D eigenvalue weighted by molar-refractivity contribution is 0.550. The molecule has 80 valence electrons. The molecule has 0 radical (unpaired) electrons. The molecule has 0 aliphatic heterocycles. The van der Waals surface area contributed by atoms with Gasteiger partial charge in [-0.3, -0.25) is 0 Å². The van der Waals surface area contributed by atoms with Crippen LogP contribution in [-0.4, -0.2) is 22.6 Å². The fourth-order valence-corrected chi connectivity index (χ4v) is 0.731. The third-order valence-corrected chi connectivity index (χ3v) is 1.94. The summed E-state index contributed by atoms with van der Waals surface area (Å²) in [5, 5.41) is 0.243. The number of rotatable bonds is 3. The van der Waals surface area contributed by atoms with E-state index in [0.717, 1.165) is 0 Å². The molecular weight excluding hydrogens is 226 g/mol. The Labute approximate surface area is 76.7 Å². The summed E-state index contributed by atoms with van der Waals surface area (Å²) >= 11 is 0. The molecule has 0 unspecified atom stereocenters. The monoisotopic (exact) mass is 236 g/mol. The zero-order chi connectivity index (χ0) is 11.1. The van der Waals surface area contributed by atoms with Crippen molar-refractivity contribution in [1.82, 2.24) is 0 Å². The quantitative estimate of drug-likeness (QED) is 0.689. The SMILES string of the molecule is C=CS(=O)(=O)F.CCCS(=O)(=O)F. The van der Waals surface area contributed by atoms with Gasteiger partial charge in [0, 0.05) is 0 Å². The van der Waals surface area contributed by atoms with E-state index in [-0.39, 0.29) is 11.2 Å². The minimum absolute atomic E-state index is 0.243. The zero-order valence-corrected chi connectivity index (χ0v) is 8.54. The van der Waals surface area contributed by atoms with Crippen molar-refractivity contribution < 1.29 is 24.6 Å². The van der Waals surface area contributed by atoms with Crippen LogP contribution in [0.3, 0.4) is 0 Å². The molecule has 0 bridgehead atoms. The Morgan fingerprint density at radius 1 is 1.23 bits per heavy atom. The number of halogens is 2. The molecule has 0 N–H and O–H groups in total. The molecule has 0 aliphatic carbocycles. The first-order valence-corrected chi connectivity index (χ1v) is 6.11. The fraction of sp³-hybridized carbons (Fsp3) is 0.600. The molecule has 0 spiro atoms. The van der Waals surface area contributed by atoms with Crippen LogP contribution in [0.5, 0.6) is 0 Å². The van der Waals surface area contributed by atoms with Crippen molar-refractivity contribution >= 4 is 20.4 Å². The predicted octanol–water partition coefficient (Wildman–Crippen LogP) is 1.12. The van der Waals surface area contributed by atoms with E-state index in [4.69, 9.17) is 0 Å². The van der Waals surface area contributed by atoms with Crippen LogP contribution in [0, 0.1) is 0 Å². The summed E-state index contributed by atoms with van der Waals surface area (Å²) in [5.74, 6) is -0.354. The van der Waals surface area contributed by atoms with Crippen LogP contribution in [0.25, 0.3) is 0 Å². The first-order valence-electron chi connectivity index (χ1n) is 3.12. The van der Waals surface area contributed by atoms with Gasteiger partial charge in [-0.05, 0) is 6.42 Å². The maximum Gasteiger partial charge on any atom is 0.324 e. The molecule has 0 atom stereocenters. The van der Waals surface area contributed by atoms with Crippen LogP contribution in [0.4, 0.5) is 7.77 Å². The number of hydrogen-bond donors (Lipinski definition) is 0. The standard InChI is InChI=1S/C3H7FO2S.C2H3FO2S/c1-2-3-7(4,5)6;1-2-6(3,4)5/h2-3H2,1H3;2H,1H2. The highest BCUT2D eigenvalue weighted by Gasteiger charge is 2.01. The molecule has 0 aliphatic rings. The van der Waals surface area contributed by atoms with E-state index in [1.807, 2.05) is 0 Å². The van der Waals surface area contributed by atoms with E-state index in [0.29, 0.717) is 6.42 Å². The molecule has 0 saturated heterocycles. The van der Waals surface area contributed by atoms with Crippen molar-refractivity contribution in [2.45, 2.75) is 13.3 Å². The molecule has 0 amide bonds. The molecule has 8 heteroatoms. The molecule has 0 aromatic heterocycles. The normalized spacial score (nSPS) is 11.3. The van der Waals surface area contributed by atoms with Gasteiger partial charge in [0.2, 0.25) is 0 Å². The van der Waals surface area contributed by atoms with Crippen LogP contribution < -0.4 is 0 Å². The highest BCUT2D eigenvalue weighted by Crippen LogP contribution is 1.91. The summed E-state index contributed by atoms with van der Waals surface area (Å²) in [4.78, 5) is 0. The highest BCUT2D eigenvalue weighted by atomic mass is 32.3. The molecule has 0 heterocycles. The molecule has 13 heavy (non-hydrogen) atoms. The van der Waals surface area contributed by atoms with E-state index < -0.39 is 20.4 Å². The van der Waals surface area contributed by atoms with Crippen molar-refractivity contribution in [3.05, 3.63) is 12.0 Å². The summed E-state index contributed by atoms with van der Waals surface area (Å²) in [6.45, 7) is 4.28. The smallest absolute Gasteiger partial charge is 0.195 e.